The topological polar surface area (TPSA) is 92.8 Å². The normalized spacial score (nSPS) is 11.3. The maximum Gasteiger partial charge on any atom is 0.310 e. The summed E-state index contributed by atoms with van der Waals surface area (Å²) in [4.78, 5) is 23.6. The number of sulfonamides is 1. The van der Waals surface area contributed by atoms with Crippen molar-refractivity contribution in [3.8, 4) is 0 Å². The molecule has 0 spiro atoms. The van der Waals surface area contributed by atoms with Gasteiger partial charge in [-0.15, -0.1) is 0 Å². The van der Waals surface area contributed by atoms with Crippen LogP contribution in [-0.2, 0) is 30.8 Å². The third-order valence-corrected chi connectivity index (χ3v) is 5.40. The van der Waals surface area contributed by atoms with E-state index in [2.05, 4.69) is 5.32 Å². The van der Waals surface area contributed by atoms with Crippen LogP contribution in [0.5, 0.6) is 0 Å². The lowest BCUT2D eigenvalue weighted by atomic mass is 10.1. The van der Waals surface area contributed by atoms with Gasteiger partial charge in [-0.05, 0) is 35.9 Å². The Kier molecular flexibility index (Phi) is 6.65. The molecule has 7 nitrogen and oxygen atoms in total. The van der Waals surface area contributed by atoms with Gasteiger partial charge in [0.05, 0.1) is 11.3 Å². The quantitative estimate of drug-likeness (QED) is 0.723. The largest absolute Gasteiger partial charge is 0.455 e. The van der Waals surface area contributed by atoms with E-state index in [1.54, 1.807) is 6.07 Å². The third-order valence-electron chi connectivity index (χ3n) is 3.57. The van der Waals surface area contributed by atoms with E-state index < -0.39 is 34.3 Å². The Morgan fingerprint density at radius 2 is 1.70 bits per heavy atom. The Morgan fingerprint density at radius 3 is 2.30 bits per heavy atom. The highest BCUT2D eigenvalue weighted by atomic mass is 32.2. The summed E-state index contributed by atoms with van der Waals surface area (Å²) in [5, 5.41) is 2.48. The highest BCUT2D eigenvalue weighted by Crippen LogP contribution is 2.16. The van der Waals surface area contributed by atoms with Crippen LogP contribution in [0.1, 0.15) is 5.56 Å². The van der Waals surface area contributed by atoms with Gasteiger partial charge in [-0.25, -0.2) is 17.1 Å². The molecule has 0 aliphatic heterocycles. The molecule has 0 saturated carbocycles. The number of halogens is 1. The zero-order valence-electron chi connectivity index (χ0n) is 14.8. The molecule has 9 heteroatoms. The van der Waals surface area contributed by atoms with Crippen LogP contribution in [0.2, 0.25) is 0 Å². The van der Waals surface area contributed by atoms with E-state index in [0.717, 1.165) is 4.31 Å². The van der Waals surface area contributed by atoms with E-state index in [9.17, 15) is 22.4 Å². The van der Waals surface area contributed by atoms with Crippen LogP contribution in [0.25, 0.3) is 0 Å². The fraction of sp³-hybridized carbons (Fsp3) is 0.222. The van der Waals surface area contributed by atoms with E-state index in [1.807, 2.05) is 0 Å². The van der Waals surface area contributed by atoms with Gasteiger partial charge in [0.1, 0.15) is 5.82 Å². The molecule has 0 saturated heterocycles. The van der Waals surface area contributed by atoms with Crippen molar-refractivity contribution in [1.29, 1.82) is 0 Å². The van der Waals surface area contributed by atoms with Gasteiger partial charge in [-0.3, -0.25) is 9.59 Å². The van der Waals surface area contributed by atoms with Crippen molar-refractivity contribution in [3.63, 3.8) is 0 Å². The number of anilines is 1. The Morgan fingerprint density at radius 1 is 1.07 bits per heavy atom. The number of hydrogen-bond acceptors (Lipinski definition) is 5. The molecule has 1 N–H and O–H groups in total. The smallest absolute Gasteiger partial charge is 0.310 e. The molecule has 144 valence electrons. The van der Waals surface area contributed by atoms with Crippen LogP contribution >= 0.6 is 0 Å². The van der Waals surface area contributed by atoms with Crippen molar-refractivity contribution >= 4 is 27.6 Å². The molecule has 0 heterocycles. The molecular formula is C18H19FN2O5S. The third kappa shape index (κ3) is 5.60. The molecule has 27 heavy (non-hydrogen) atoms. The summed E-state index contributed by atoms with van der Waals surface area (Å²) in [6.07, 6.45) is -0.281. The van der Waals surface area contributed by atoms with Gasteiger partial charge in [-0.1, -0.05) is 18.2 Å². The average molecular weight is 394 g/mol. The van der Waals surface area contributed by atoms with Crippen molar-refractivity contribution in [3.05, 3.63) is 59.9 Å². The maximum absolute atomic E-state index is 13.5. The lowest BCUT2D eigenvalue weighted by Gasteiger charge is -2.12. The second kappa shape index (κ2) is 8.74. The first-order chi connectivity index (χ1) is 12.7. The van der Waals surface area contributed by atoms with Crippen molar-refractivity contribution in [1.82, 2.24) is 4.31 Å². The molecule has 0 atom stereocenters. The van der Waals surface area contributed by atoms with E-state index >= 15 is 0 Å². The van der Waals surface area contributed by atoms with Crippen LogP contribution in [-0.4, -0.2) is 45.3 Å². The molecule has 0 unspecified atom stereocenters. The molecule has 2 rings (SSSR count). The minimum Gasteiger partial charge on any atom is -0.455 e. The molecule has 0 aromatic heterocycles. The zero-order valence-corrected chi connectivity index (χ0v) is 15.6. The van der Waals surface area contributed by atoms with Gasteiger partial charge in [0.25, 0.3) is 5.91 Å². The second-order valence-electron chi connectivity index (χ2n) is 5.79. The highest BCUT2D eigenvalue weighted by Gasteiger charge is 2.17. The number of carbonyl (C=O) groups excluding carboxylic acids is 2. The number of esters is 1. The van der Waals surface area contributed by atoms with E-state index in [0.29, 0.717) is 5.69 Å². The molecule has 0 fully saturated rings. The van der Waals surface area contributed by atoms with Crippen molar-refractivity contribution in [2.75, 3.05) is 26.0 Å². The summed E-state index contributed by atoms with van der Waals surface area (Å²) >= 11 is 0. The first-order valence-electron chi connectivity index (χ1n) is 7.91. The predicted molar refractivity (Wildman–Crippen MR) is 97.0 cm³/mol. The molecule has 0 radical (unpaired) electrons. The number of rotatable bonds is 7. The molecule has 1 amide bonds. The summed E-state index contributed by atoms with van der Waals surface area (Å²) in [5.74, 6) is -1.85. The highest BCUT2D eigenvalue weighted by molar-refractivity contribution is 7.89. The predicted octanol–water partition coefficient (Wildman–Crippen LogP) is 1.80. The first-order valence-corrected chi connectivity index (χ1v) is 9.35. The van der Waals surface area contributed by atoms with Gasteiger partial charge in [0.15, 0.2) is 6.61 Å². The number of amides is 1. The van der Waals surface area contributed by atoms with Gasteiger partial charge < -0.3 is 10.1 Å². The minimum atomic E-state index is -3.56. The lowest BCUT2D eigenvalue weighted by molar-refractivity contribution is -0.146. The van der Waals surface area contributed by atoms with Gasteiger partial charge >= 0.3 is 5.97 Å². The molecule has 0 aliphatic carbocycles. The van der Waals surface area contributed by atoms with Crippen LogP contribution in [0.3, 0.4) is 0 Å². The van der Waals surface area contributed by atoms with Gasteiger partial charge in [-0.2, -0.15) is 0 Å². The summed E-state index contributed by atoms with van der Waals surface area (Å²) in [6.45, 7) is -0.537. The van der Waals surface area contributed by atoms with Crippen molar-refractivity contribution in [2.24, 2.45) is 0 Å². The zero-order chi connectivity index (χ0) is 20.0. The second-order valence-corrected chi connectivity index (χ2v) is 7.94. The number of hydrogen-bond donors (Lipinski definition) is 1. The number of benzene rings is 2. The number of nitrogens with one attached hydrogen (secondary N) is 1. The van der Waals surface area contributed by atoms with Crippen LogP contribution < -0.4 is 5.32 Å². The van der Waals surface area contributed by atoms with E-state index in [4.69, 9.17) is 4.74 Å². The van der Waals surface area contributed by atoms with E-state index in [1.165, 1.54) is 56.6 Å². The Labute approximate surface area is 156 Å². The summed E-state index contributed by atoms with van der Waals surface area (Å²) in [5.41, 5.74) is 0.531. The average Bonchev–Trinajstić information content (AvgIpc) is 2.62. The van der Waals surface area contributed by atoms with Crippen LogP contribution in [0.4, 0.5) is 10.1 Å². The molecule has 0 aliphatic rings. The van der Waals surface area contributed by atoms with Crippen molar-refractivity contribution < 1.29 is 27.1 Å². The SMILES string of the molecule is CN(C)S(=O)(=O)c1ccc(NC(=O)COC(=O)Cc2ccccc2F)cc1. The Bertz CT molecular complexity index is 927. The number of nitrogens with zero attached hydrogens (tertiary/aromatic N) is 1. The molecule has 2 aromatic carbocycles. The monoisotopic (exact) mass is 394 g/mol. The Balaban J connectivity index is 1.87. The standard InChI is InChI=1S/C18H19FN2O5S/c1-21(2)27(24,25)15-9-7-14(8-10-15)20-17(22)12-26-18(23)11-13-5-3-4-6-16(13)19/h3-10H,11-12H2,1-2H3,(H,20,22). The van der Waals surface area contributed by atoms with Crippen LogP contribution in [0, 0.1) is 5.82 Å². The van der Waals surface area contributed by atoms with Crippen LogP contribution in [0.15, 0.2) is 53.4 Å². The lowest BCUT2D eigenvalue weighted by Crippen LogP contribution is -2.23. The van der Waals surface area contributed by atoms with Gasteiger partial charge in [0, 0.05) is 19.8 Å². The number of ether oxygens (including phenoxy) is 1. The summed E-state index contributed by atoms with van der Waals surface area (Å²) < 4.78 is 43.3. The maximum atomic E-state index is 13.5. The fourth-order valence-corrected chi connectivity index (χ4v) is 3.01. The minimum absolute atomic E-state index is 0.0850. The van der Waals surface area contributed by atoms with Gasteiger partial charge in [0.2, 0.25) is 10.0 Å². The Hall–Kier alpha value is -2.78. The fourth-order valence-electron chi connectivity index (χ4n) is 2.11. The molecule has 2 aromatic rings. The number of carbonyl (C=O) groups is 2. The summed E-state index contributed by atoms with van der Waals surface area (Å²) in [6, 6.07) is 11.4. The first kappa shape index (κ1) is 20.5. The molecular weight excluding hydrogens is 375 g/mol. The summed E-state index contributed by atoms with van der Waals surface area (Å²) in [7, 11) is -0.722. The van der Waals surface area contributed by atoms with E-state index in [-0.39, 0.29) is 16.9 Å². The molecule has 0 bridgehead atoms. The van der Waals surface area contributed by atoms with Crippen molar-refractivity contribution in [2.45, 2.75) is 11.3 Å².